The van der Waals surface area contributed by atoms with Gasteiger partial charge in [-0.25, -0.2) is 23.4 Å². The third-order valence-corrected chi connectivity index (χ3v) is 9.33. The Morgan fingerprint density at radius 2 is 1.87 bits per heavy atom. The van der Waals surface area contributed by atoms with Gasteiger partial charge < -0.3 is 15.7 Å². The summed E-state index contributed by atoms with van der Waals surface area (Å²) in [5, 5.41) is 24.7. The lowest BCUT2D eigenvalue weighted by molar-refractivity contribution is 0.186. The van der Waals surface area contributed by atoms with E-state index in [1.807, 2.05) is 25.4 Å². The maximum atomic E-state index is 12.5. The molecule has 0 unspecified atom stereocenters. The molecule has 2 saturated carbocycles. The van der Waals surface area contributed by atoms with Crippen molar-refractivity contribution in [3.63, 3.8) is 0 Å². The van der Waals surface area contributed by atoms with Crippen molar-refractivity contribution in [3.8, 4) is 22.6 Å². The van der Waals surface area contributed by atoms with Gasteiger partial charge in [0.15, 0.2) is 5.82 Å². The Hall–Kier alpha value is -3.84. The van der Waals surface area contributed by atoms with Gasteiger partial charge in [-0.3, -0.25) is 4.68 Å². The largest absolute Gasteiger partial charge is 0.396 e. The topological polar surface area (TPSA) is 153 Å². The molecule has 39 heavy (non-hydrogen) atoms. The van der Waals surface area contributed by atoms with Gasteiger partial charge in [0.1, 0.15) is 11.6 Å². The molecule has 0 radical (unpaired) electrons. The summed E-state index contributed by atoms with van der Waals surface area (Å²) in [6.45, 7) is 0.243. The summed E-state index contributed by atoms with van der Waals surface area (Å²) in [5.74, 6) is 1.85. The number of pyridine rings is 1. The van der Waals surface area contributed by atoms with Crippen LogP contribution in [0.25, 0.3) is 22.6 Å². The number of rotatable bonds is 9. The van der Waals surface area contributed by atoms with Crippen LogP contribution >= 0.6 is 0 Å². The Bertz CT molecular complexity index is 1570. The summed E-state index contributed by atoms with van der Waals surface area (Å²) in [6.07, 6.45) is 13.5. The van der Waals surface area contributed by atoms with Crippen LogP contribution < -0.4 is 10.6 Å². The molecule has 0 saturated heterocycles. The average molecular weight is 550 g/mol. The summed E-state index contributed by atoms with van der Waals surface area (Å²) >= 11 is 0. The van der Waals surface area contributed by atoms with Crippen molar-refractivity contribution in [1.82, 2.24) is 33.9 Å². The van der Waals surface area contributed by atoms with Crippen LogP contribution in [0.1, 0.15) is 38.5 Å². The summed E-state index contributed by atoms with van der Waals surface area (Å²) in [4.78, 5) is 13.5. The molecule has 0 bridgehead atoms. The molecular formula is C26H31N9O3S. The van der Waals surface area contributed by atoms with Crippen LogP contribution in [0.2, 0.25) is 0 Å². The predicted octanol–water partition coefficient (Wildman–Crippen LogP) is 3.18. The third kappa shape index (κ3) is 5.50. The summed E-state index contributed by atoms with van der Waals surface area (Å²) < 4.78 is 27.8. The number of hydrogen-bond acceptors (Lipinski definition) is 10. The second kappa shape index (κ2) is 10.4. The molecule has 12 nitrogen and oxygen atoms in total. The van der Waals surface area contributed by atoms with Crippen molar-refractivity contribution in [1.29, 1.82) is 0 Å². The molecule has 4 aromatic heterocycles. The minimum absolute atomic E-state index is 0.243. The fourth-order valence-corrected chi connectivity index (χ4v) is 6.37. The molecule has 3 N–H and O–H groups in total. The van der Waals surface area contributed by atoms with Crippen molar-refractivity contribution in [2.75, 3.05) is 17.2 Å². The van der Waals surface area contributed by atoms with Gasteiger partial charge in [0.2, 0.25) is 0 Å². The molecule has 0 amide bonds. The zero-order chi connectivity index (χ0) is 27.0. The number of aliphatic hydroxyl groups excluding tert-OH is 1. The molecule has 0 atom stereocenters. The van der Waals surface area contributed by atoms with Gasteiger partial charge in [0, 0.05) is 55.6 Å². The fraction of sp³-hybridized carbons (Fsp3) is 0.423. The first-order valence-electron chi connectivity index (χ1n) is 13.2. The van der Waals surface area contributed by atoms with Gasteiger partial charge in [-0.05, 0) is 56.6 Å². The van der Waals surface area contributed by atoms with E-state index in [0.29, 0.717) is 47.8 Å². The van der Waals surface area contributed by atoms with Crippen LogP contribution in [0, 0.1) is 5.92 Å². The lowest BCUT2D eigenvalue weighted by Crippen LogP contribution is -2.27. The molecule has 0 aliphatic heterocycles. The van der Waals surface area contributed by atoms with Gasteiger partial charge >= 0.3 is 0 Å². The van der Waals surface area contributed by atoms with E-state index < -0.39 is 10.0 Å². The van der Waals surface area contributed by atoms with E-state index in [9.17, 15) is 13.5 Å². The Morgan fingerprint density at radius 1 is 1.05 bits per heavy atom. The highest BCUT2D eigenvalue weighted by atomic mass is 32.2. The maximum Gasteiger partial charge on any atom is 0.256 e. The number of nitrogens with one attached hydrogen (secondary N) is 2. The van der Waals surface area contributed by atoms with Crippen LogP contribution in [0.3, 0.4) is 0 Å². The first-order chi connectivity index (χ1) is 18.9. The van der Waals surface area contributed by atoms with E-state index in [1.165, 1.54) is 12.4 Å². The van der Waals surface area contributed by atoms with E-state index >= 15 is 0 Å². The van der Waals surface area contributed by atoms with Crippen molar-refractivity contribution >= 4 is 27.3 Å². The molecule has 6 rings (SSSR count). The zero-order valence-electron chi connectivity index (χ0n) is 21.6. The van der Waals surface area contributed by atoms with Crippen molar-refractivity contribution in [2.24, 2.45) is 13.0 Å². The molecule has 2 aliphatic rings. The molecule has 2 fully saturated rings. The first kappa shape index (κ1) is 25.4. The van der Waals surface area contributed by atoms with E-state index in [2.05, 4.69) is 35.8 Å². The molecule has 4 aromatic rings. The minimum atomic E-state index is -3.46. The van der Waals surface area contributed by atoms with E-state index in [4.69, 9.17) is 0 Å². The van der Waals surface area contributed by atoms with Crippen molar-refractivity contribution in [3.05, 3.63) is 49.2 Å². The van der Waals surface area contributed by atoms with Crippen LogP contribution in [-0.4, -0.2) is 65.3 Å². The third-order valence-electron chi connectivity index (χ3n) is 7.29. The van der Waals surface area contributed by atoms with Crippen LogP contribution in [-0.2, 0) is 17.1 Å². The number of anilines is 3. The normalized spacial score (nSPS) is 19.6. The monoisotopic (exact) mass is 549 g/mol. The van der Waals surface area contributed by atoms with E-state index in [0.717, 1.165) is 46.7 Å². The Balaban J connectivity index is 1.24. The van der Waals surface area contributed by atoms with Crippen LogP contribution in [0.15, 0.2) is 49.2 Å². The van der Waals surface area contributed by atoms with E-state index in [-0.39, 0.29) is 11.9 Å². The Morgan fingerprint density at radius 3 is 2.59 bits per heavy atom. The van der Waals surface area contributed by atoms with Crippen molar-refractivity contribution in [2.45, 2.75) is 49.8 Å². The van der Waals surface area contributed by atoms with Gasteiger partial charge in [-0.15, -0.1) is 0 Å². The highest BCUT2D eigenvalue weighted by Gasteiger charge is 2.37. The van der Waals surface area contributed by atoms with E-state index in [1.54, 1.807) is 23.1 Å². The second-order valence-electron chi connectivity index (χ2n) is 10.3. The molecule has 0 spiro atoms. The van der Waals surface area contributed by atoms with Crippen molar-refractivity contribution < 1.29 is 13.5 Å². The summed E-state index contributed by atoms with van der Waals surface area (Å²) in [5.41, 5.74) is 3.16. The molecule has 0 aromatic carbocycles. The Kier molecular flexibility index (Phi) is 6.77. The second-order valence-corrected chi connectivity index (χ2v) is 12.3. The van der Waals surface area contributed by atoms with Gasteiger partial charge in [0.25, 0.3) is 10.0 Å². The first-order valence-corrected chi connectivity index (χ1v) is 14.7. The van der Waals surface area contributed by atoms with Crippen LogP contribution in [0.5, 0.6) is 0 Å². The zero-order valence-corrected chi connectivity index (χ0v) is 22.4. The highest BCUT2D eigenvalue weighted by Crippen LogP contribution is 2.33. The SMILES string of the molecule is Cn1ccc(-c2cnc(Nc3ccnc(-c4cnn(S(=O)(=O)C5CC5)c4)n3)cc2NC2CCC(CO)CC2)n1. The number of nitrogens with zero attached hydrogens (tertiary/aromatic N) is 7. The molecular weight excluding hydrogens is 518 g/mol. The quantitative estimate of drug-likeness (QED) is 0.284. The van der Waals surface area contributed by atoms with Gasteiger partial charge in [-0.1, -0.05) is 0 Å². The molecule has 2 aliphatic carbocycles. The smallest absolute Gasteiger partial charge is 0.256 e. The number of aromatic nitrogens is 7. The maximum absolute atomic E-state index is 12.5. The number of aliphatic hydroxyl groups is 1. The lowest BCUT2D eigenvalue weighted by Gasteiger charge is -2.29. The molecule has 13 heteroatoms. The minimum Gasteiger partial charge on any atom is -0.396 e. The average Bonchev–Trinajstić information content (AvgIpc) is 3.53. The fourth-order valence-electron chi connectivity index (χ4n) is 4.89. The summed E-state index contributed by atoms with van der Waals surface area (Å²) in [6, 6.07) is 5.93. The number of aryl methyl sites for hydroxylation is 1. The van der Waals surface area contributed by atoms with Gasteiger partial charge in [-0.2, -0.15) is 14.3 Å². The lowest BCUT2D eigenvalue weighted by atomic mass is 9.86. The Labute approximate surface area is 226 Å². The predicted molar refractivity (Wildman–Crippen MR) is 147 cm³/mol. The van der Waals surface area contributed by atoms with Crippen LogP contribution in [0.4, 0.5) is 17.3 Å². The summed E-state index contributed by atoms with van der Waals surface area (Å²) in [7, 11) is -1.58. The molecule has 204 valence electrons. The van der Waals surface area contributed by atoms with Gasteiger partial charge in [0.05, 0.1) is 28.9 Å². The standard InChI is InChI=1S/C26H31N9O3S/c1-34-11-9-22(33-34)21-14-28-25(12-23(21)30-19-4-2-17(16-36)3-5-19)31-24-8-10-27-26(32-24)18-13-29-35(15-18)39(37,38)20-6-7-20/h8-15,17,19-20,36H,2-7,16H2,1H3,(H2,27,28,30,31,32). The molecule has 4 heterocycles. The number of hydrogen-bond donors (Lipinski definition) is 3. The highest BCUT2D eigenvalue weighted by molar-refractivity contribution is 7.90.